The molecule has 3 atom stereocenters. The fourth-order valence-electron chi connectivity index (χ4n) is 3.94. The summed E-state index contributed by atoms with van der Waals surface area (Å²) in [5.74, 6) is -1.19. The third-order valence-electron chi connectivity index (χ3n) is 5.03. The first-order valence-electron chi connectivity index (χ1n) is 8.50. The highest BCUT2D eigenvalue weighted by molar-refractivity contribution is 5.88. The first-order valence-corrected chi connectivity index (χ1v) is 8.50. The van der Waals surface area contributed by atoms with E-state index in [1.807, 2.05) is 12.1 Å². The molecule has 1 aromatic carbocycles. The van der Waals surface area contributed by atoms with Crippen LogP contribution in [0.2, 0.25) is 0 Å². The maximum Gasteiger partial charge on any atom is 0.226 e. The van der Waals surface area contributed by atoms with Crippen LogP contribution < -0.4 is 5.32 Å². The molecule has 0 saturated carbocycles. The first-order chi connectivity index (χ1) is 13.1. The van der Waals surface area contributed by atoms with Crippen molar-refractivity contribution in [3.8, 4) is 0 Å². The monoisotopic (exact) mass is 368 g/mol. The van der Waals surface area contributed by atoms with Crippen LogP contribution in [0.25, 0.3) is 0 Å². The summed E-state index contributed by atoms with van der Waals surface area (Å²) in [7, 11) is 0. The fourth-order valence-corrected chi connectivity index (χ4v) is 3.94. The summed E-state index contributed by atoms with van der Waals surface area (Å²) in [6.07, 6.45) is 5.07. The molecule has 0 bridgehead atoms. The summed E-state index contributed by atoms with van der Waals surface area (Å²) in [5.41, 5.74) is 0.976. The molecule has 2 aliphatic rings. The molecule has 1 aliphatic heterocycles. The van der Waals surface area contributed by atoms with Crippen LogP contribution in [0.5, 0.6) is 0 Å². The van der Waals surface area contributed by atoms with Crippen molar-refractivity contribution in [3.05, 3.63) is 77.7 Å². The van der Waals surface area contributed by atoms with Gasteiger partial charge in [-0.15, -0.1) is 0 Å². The maximum absolute atomic E-state index is 13.8. The van der Waals surface area contributed by atoms with Crippen LogP contribution in [0, 0.1) is 17.6 Å². The summed E-state index contributed by atoms with van der Waals surface area (Å²) in [6, 6.07) is 6.18. The quantitative estimate of drug-likeness (QED) is 0.750. The van der Waals surface area contributed by atoms with Crippen LogP contribution in [0.3, 0.4) is 0 Å². The Hall–Kier alpha value is -3.29. The topological polar surface area (TPSA) is 73.0 Å². The smallest absolute Gasteiger partial charge is 0.226 e. The SMILES string of the molecule is O=C1C[C@@H](c2ccco2)C=C2Nc3ncnn3[C@@H](c3cc(F)cc(F)c3)[C@H]12. The Bertz CT molecular complexity index is 1040. The molecule has 1 aliphatic carbocycles. The van der Waals surface area contributed by atoms with Crippen LogP contribution in [0.1, 0.15) is 29.7 Å². The number of halogens is 2. The number of nitrogens with one attached hydrogen (secondary N) is 1. The molecule has 5 rings (SSSR count). The number of Topliss-reactive ketones (excluding diaryl/α,β-unsaturated/α-hetero) is 1. The predicted octanol–water partition coefficient (Wildman–Crippen LogP) is 3.42. The lowest BCUT2D eigenvalue weighted by Crippen LogP contribution is -2.40. The van der Waals surface area contributed by atoms with E-state index in [0.717, 1.165) is 6.07 Å². The van der Waals surface area contributed by atoms with Gasteiger partial charge in [0, 0.05) is 24.1 Å². The molecule has 136 valence electrons. The number of nitrogens with zero attached hydrogens (tertiary/aromatic N) is 3. The highest BCUT2D eigenvalue weighted by atomic mass is 19.1. The van der Waals surface area contributed by atoms with Gasteiger partial charge in [-0.1, -0.05) is 6.08 Å². The Morgan fingerprint density at radius 2 is 2.04 bits per heavy atom. The number of fused-ring (bicyclic) bond motifs is 2. The summed E-state index contributed by atoms with van der Waals surface area (Å²) in [5, 5.41) is 7.30. The zero-order chi connectivity index (χ0) is 18.5. The van der Waals surface area contributed by atoms with Gasteiger partial charge in [-0.25, -0.2) is 13.5 Å². The van der Waals surface area contributed by atoms with E-state index >= 15 is 0 Å². The average molecular weight is 368 g/mol. The average Bonchev–Trinajstić information content (AvgIpc) is 3.30. The molecule has 3 aromatic rings. The molecule has 2 aromatic heterocycles. The van der Waals surface area contributed by atoms with Crippen LogP contribution >= 0.6 is 0 Å². The molecule has 0 spiro atoms. The highest BCUT2D eigenvalue weighted by Crippen LogP contribution is 2.44. The first kappa shape index (κ1) is 15.9. The molecular formula is C19H14F2N4O2. The van der Waals surface area contributed by atoms with E-state index in [0.29, 0.717) is 23.0 Å². The Kier molecular flexibility index (Phi) is 3.46. The van der Waals surface area contributed by atoms with Gasteiger partial charge >= 0.3 is 0 Å². The zero-order valence-electron chi connectivity index (χ0n) is 14.0. The van der Waals surface area contributed by atoms with E-state index in [9.17, 15) is 13.6 Å². The third kappa shape index (κ3) is 2.56. The summed E-state index contributed by atoms with van der Waals surface area (Å²) in [6.45, 7) is 0. The number of ketones is 1. The van der Waals surface area contributed by atoms with Gasteiger partial charge in [0.2, 0.25) is 5.95 Å². The van der Waals surface area contributed by atoms with Crippen molar-refractivity contribution in [1.82, 2.24) is 14.8 Å². The molecule has 8 heteroatoms. The van der Waals surface area contributed by atoms with E-state index in [-0.39, 0.29) is 18.1 Å². The number of carbonyl (C=O) groups is 1. The van der Waals surface area contributed by atoms with Crippen molar-refractivity contribution in [1.29, 1.82) is 0 Å². The number of benzene rings is 1. The van der Waals surface area contributed by atoms with E-state index < -0.39 is 23.6 Å². The van der Waals surface area contributed by atoms with Crippen molar-refractivity contribution < 1.29 is 18.0 Å². The highest BCUT2D eigenvalue weighted by Gasteiger charge is 2.43. The van der Waals surface area contributed by atoms with Gasteiger partial charge in [0.15, 0.2) is 0 Å². The van der Waals surface area contributed by atoms with E-state index in [2.05, 4.69) is 15.4 Å². The fraction of sp³-hybridized carbons (Fsp3) is 0.211. The number of aromatic nitrogens is 3. The van der Waals surface area contributed by atoms with E-state index in [1.165, 1.54) is 23.1 Å². The van der Waals surface area contributed by atoms with Gasteiger partial charge < -0.3 is 9.73 Å². The number of furan rings is 1. The van der Waals surface area contributed by atoms with Gasteiger partial charge in [0.05, 0.1) is 18.2 Å². The Balaban J connectivity index is 1.65. The largest absolute Gasteiger partial charge is 0.469 e. The van der Waals surface area contributed by atoms with E-state index in [1.54, 1.807) is 12.3 Å². The van der Waals surface area contributed by atoms with Crippen molar-refractivity contribution in [2.45, 2.75) is 18.4 Å². The number of rotatable bonds is 2. The van der Waals surface area contributed by atoms with Gasteiger partial charge in [0.25, 0.3) is 0 Å². The maximum atomic E-state index is 13.8. The minimum atomic E-state index is -0.701. The number of carbonyl (C=O) groups excluding carboxylic acids is 1. The second kappa shape index (κ2) is 5.87. The van der Waals surface area contributed by atoms with Crippen LogP contribution in [0.15, 0.2) is 59.1 Å². The number of anilines is 1. The summed E-state index contributed by atoms with van der Waals surface area (Å²) >= 11 is 0. The lowest BCUT2D eigenvalue weighted by atomic mass is 9.77. The normalized spacial score (nSPS) is 24.0. The van der Waals surface area contributed by atoms with Gasteiger partial charge in [-0.05, 0) is 29.8 Å². The van der Waals surface area contributed by atoms with Gasteiger partial charge in [0.1, 0.15) is 29.5 Å². The standard InChI is InChI=1S/C19H14F2N4O2/c20-12-4-11(5-13(21)8-12)18-17-14(24-19-22-9-23-25(18)19)6-10(7-15(17)26)16-2-1-3-27-16/h1-6,8-10,17-18H,7H2,(H,22,23,24)/t10-,17-,18-/m0/s1. The Morgan fingerprint density at radius 1 is 1.22 bits per heavy atom. The minimum Gasteiger partial charge on any atom is -0.469 e. The van der Waals surface area contributed by atoms with Crippen molar-refractivity contribution in [3.63, 3.8) is 0 Å². The van der Waals surface area contributed by atoms with Crippen molar-refractivity contribution in [2.24, 2.45) is 5.92 Å². The Labute approximate surface area is 152 Å². The molecule has 3 heterocycles. The minimum absolute atomic E-state index is 0.0581. The van der Waals surface area contributed by atoms with Crippen LogP contribution in [-0.2, 0) is 4.79 Å². The van der Waals surface area contributed by atoms with Gasteiger partial charge in [-0.3, -0.25) is 4.79 Å². The van der Waals surface area contributed by atoms with Crippen molar-refractivity contribution >= 4 is 11.7 Å². The number of hydrogen-bond donors (Lipinski definition) is 1. The van der Waals surface area contributed by atoms with Gasteiger partial charge in [-0.2, -0.15) is 10.1 Å². The van der Waals surface area contributed by atoms with Crippen LogP contribution in [0.4, 0.5) is 14.7 Å². The molecule has 0 saturated heterocycles. The van der Waals surface area contributed by atoms with E-state index in [4.69, 9.17) is 4.42 Å². The second-order valence-corrected chi connectivity index (χ2v) is 6.69. The lowest BCUT2D eigenvalue weighted by molar-refractivity contribution is -0.123. The van der Waals surface area contributed by atoms with Crippen molar-refractivity contribution in [2.75, 3.05) is 5.32 Å². The molecule has 0 unspecified atom stereocenters. The van der Waals surface area contributed by atoms with Crippen LogP contribution in [-0.4, -0.2) is 20.5 Å². The number of allylic oxidation sites excluding steroid dienone is 2. The summed E-state index contributed by atoms with van der Waals surface area (Å²) in [4.78, 5) is 17.2. The molecular weight excluding hydrogens is 354 g/mol. The molecule has 0 amide bonds. The second-order valence-electron chi connectivity index (χ2n) is 6.69. The molecule has 6 nitrogen and oxygen atoms in total. The summed E-state index contributed by atoms with van der Waals surface area (Å²) < 4.78 is 34.6. The molecule has 0 fully saturated rings. The third-order valence-corrected chi connectivity index (χ3v) is 5.03. The zero-order valence-corrected chi connectivity index (χ0v) is 14.0. The number of hydrogen-bond acceptors (Lipinski definition) is 5. The predicted molar refractivity (Wildman–Crippen MR) is 90.8 cm³/mol. The lowest BCUT2D eigenvalue weighted by Gasteiger charge is -2.37. The molecule has 27 heavy (non-hydrogen) atoms. The molecule has 1 N–H and O–H groups in total. The molecule has 0 radical (unpaired) electrons. The Morgan fingerprint density at radius 3 is 2.78 bits per heavy atom.